The lowest BCUT2D eigenvalue weighted by atomic mass is 10.1. The van der Waals surface area contributed by atoms with E-state index in [1.807, 2.05) is 23.6 Å². The van der Waals surface area contributed by atoms with Gasteiger partial charge < -0.3 is 9.84 Å². The Morgan fingerprint density at radius 1 is 1.44 bits per heavy atom. The van der Waals surface area contributed by atoms with Crippen LogP contribution in [0.4, 0.5) is 0 Å². The number of aromatic nitrogens is 1. The minimum Gasteiger partial charge on any atom is -0.481 e. The number of ether oxygens (including phenoxy) is 1. The van der Waals surface area contributed by atoms with Gasteiger partial charge in [-0.3, -0.25) is 0 Å². The summed E-state index contributed by atoms with van der Waals surface area (Å²) in [5.41, 5.74) is 0.735. The van der Waals surface area contributed by atoms with Gasteiger partial charge in [-0.25, -0.2) is 4.98 Å². The summed E-state index contributed by atoms with van der Waals surface area (Å²) in [5, 5.41) is 12.1. The third kappa shape index (κ3) is 2.40. The number of methoxy groups -OCH3 is 1. The van der Waals surface area contributed by atoms with E-state index in [9.17, 15) is 5.11 Å². The van der Waals surface area contributed by atoms with E-state index in [1.165, 1.54) is 0 Å². The second-order valence-corrected chi connectivity index (χ2v) is 4.43. The highest BCUT2D eigenvalue weighted by molar-refractivity contribution is 7.09. The summed E-state index contributed by atoms with van der Waals surface area (Å²) in [6.45, 7) is 0. The molecule has 16 heavy (non-hydrogen) atoms. The van der Waals surface area contributed by atoms with Crippen LogP contribution >= 0.6 is 11.3 Å². The maximum absolute atomic E-state index is 10.1. The molecule has 0 bridgehead atoms. The number of pyridine rings is 1. The lowest BCUT2D eigenvalue weighted by Crippen LogP contribution is -2.04. The van der Waals surface area contributed by atoms with Crippen molar-refractivity contribution in [2.75, 3.05) is 7.11 Å². The van der Waals surface area contributed by atoms with Gasteiger partial charge in [0.1, 0.15) is 0 Å². The number of aliphatic hydroxyl groups is 1. The zero-order chi connectivity index (χ0) is 11.4. The molecule has 0 saturated heterocycles. The first-order valence-corrected chi connectivity index (χ1v) is 5.88. The van der Waals surface area contributed by atoms with Gasteiger partial charge in [-0.1, -0.05) is 6.07 Å². The monoisotopic (exact) mass is 235 g/mol. The Kier molecular flexibility index (Phi) is 3.54. The highest BCUT2D eigenvalue weighted by atomic mass is 32.1. The predicted octanol–water partition coefficient (Wildman–Crippen LogP) is 2.43. The van der Waals surface area contributed by atoms with Crippen LogP contribution in [0.1, 0.15) is 16.5 Å². The van der Waals surface area contributed by atoms with Crippen molar-refractivity contribution in [2.24, 2.45) is 0 Å². The normalized spacial score (nSPS) is 12.4. The number of hydrogen-bond acceptors (Lipinski definition) is 4. The molecule has 0 aliphatic carbocycles. The zero-order valence-corrected chi connectivity index (χ0v) is 9.78. The van der Waals surface area contributed by atoms with E-state index >= 15 is 0 Å². The number of nitrogens with zero attached hydrogens (tertiary/aromatic N) is 1. The van der Waals surface area contributed by atoms with Crippen LogP contribution in [0.5, 0.6) is 5.88 Å². The maximum Gasteiger partial charge on any atom is 0.218 e. The molecule has 2 aromatic heterocycles. The Morgan fingerprint density at radius 3 is 3.00 bits per heavy atom. The highest BCUT2D eigenvalue weighted by Crippen LogP contribution is 2.26. The maximum atomic E-state index is 10.1. The van der Waals surface area contributed by atoms with Crippen molar-refractivity contribution in [3.05, 3.63) is 46.3 Å². The molecule has 84 valence electrons. The van der Waals surface area contributed by atoms with Gasteiger partial charge in [0, 0.05) is 23.1 Å². The van der Waals surface area contributed by atoms with Gasteiger partial charge in [0.15, 0.2) is 0 Å². The van der Waals surface area contributed by atoms with Gasteiger partial charge in [-0.05, 0) is 23.6 Å². The smallest absolute Gasteiger partial charge is 0.218 e. The van der Waals surface area contributed by atoms with Crippen LogP contribution in [0.3, 0.4) is 0 Å². The van der Waals surface area contributed by atoms with Crippen LogP contribution in [0, 0.1) is 0 Å². The minimum absolute atomic E-state index is 0.492. The van der Waals surface area contributed by atoms with Gasteiger partial charge in [-0.15, -0.1) is 11.3 Å². The molecular formula is C12H13NO2S. The van der Waals surface area contributed by atoms with Gasteiger partial charge in [0.25, 0.3) is 0 Å². The molecule has 4 heteroatoms. The van der Waals surface area contributed by atoms with Gasteiger partial charge >= 0.3 is 0 Å². The Balaban J connectivity index is 2.17. The van der Waals surface area contributed by atoms with E-state index < -0.39 is 6.10 Å². The van der Waals surface area contributed by atoms with E-state index in [2.05, 4.69) is 4.98 Å². The first-order chi connectivity index (χ1) is 7.81. The predicted molar refractivity (Wildman–Crippen MR) is 63.8 cm³/mol. The number of thiophene rings is 1. The van der Waals surface area contributed by atoms with Crippen molar-refractivity contribution in [3.8, 4) is 5.88 Å². The average molecular weight is 235 g/mol. The van der Waals surface area contributed by atoms with E-state index in [-0.39, 0.29) is 0 Å². The lowest BCUT2D eigenvalue weighted by molar-refractivity contribution is 0.174. The Morgan fingerprint density at radius 2 is 2.31 bits per heavy atom. The third-order valence-corrected chi connectivity index (χ3v) is 3.23. The van der Waals surface area contributed by atoms with Crippen LogP contribution in [0.2, 0.25) is 0 Å². The molecule has 0 fully saturated rings. The summed E-state index contributed by atoms with van der Waals surface area (Å²) < 4.78 is 5.12. The Labute approximate surface area is 98.4 Å². The standard InChI is InChI=1S/C12H13NO2S/c1-15-12-10(5-2-6-13-12)11(14)8-9-4-3-7-16-9/h2-7,11,14H,8H2,1H3. The molecule has 0 aromatic carbocycles. The van der Waals surface area contributed by atoms with Crippen molar-refractivity contribution < 1.29 is 9.84 Å². The summed E-state index contributed by atoms with van der Waals surface area (Å²) in [5.74, 6) is 0.492. The summed E-state index contributed by atoms with van der Waals surface area (Å²) in [7, 11) is 1.56. The largest absolute Gasteiger partial charge is 0.481 e. The summed E-state index contributed by atoms with van der Waals surface area (Å²) in [6.07, 6.45) is 1.68. The minimum atomic E-state index is -0.567. The lowest BCUT2D eigenvalue weighted by Gasteiger charge is -2.12. The summed E-state index contributed by atoms with van der Waals surface area (Å²) >= 11 is 1.64. The second-order valence-electron chi connectivity index (χ2n) is 3.40. The molecule has 3 nitrogen and oxygen atoms in total. The van der Waals surface area contributed by atoms with Crippen molar-refractivity contribution in [3.63, 3.8) is 0 Å². The molecule has 2 heterocycles. The number of rotatable bonds is 4. The topological polar surface area (TPSA) is 42.4 Å². The second kappa shape index (κ2) is 5.09. The van der Waals surface area contributed by atoms with Crippen LogP contribution < -0.4 is 4.74 Å². The van der Waals surface area contributed by atoms with Gasteiger partial charge in [-0.2, -0.15) is 0 Å². The first-order valence-electron chi connectivity index (χ1n) is 5.00. The fraction of sp³-hybridized carbons (Fsp3) is 0.250. The molecule has 0 spiro atoms. The van der Waals surface area contributed by atoms with Crippen molar-refractivity contribution in [2.45, 2.75) is 12.5 Å². The zero-order valence-electron chi connectivity index (χ0n) is 8.96. The van der Waals surface area contributed by atoms with Crippen LogP contribution in [0.25, 0.3) is 0 Å². The quantitative estimate of drug-likeness (QED) is 0.885. The Hall–Kier alpha value is -1.39. The fourth-order valence-corrected chi connectivity index (χ4v) is 2.30. The summed E-state index contributed by atoms with van der Waals surface area (Å²) in [4.78, 5) is 5.22. The van der Waals surface area contributed by atoms with Crippen LogP contribution in [-0.4, -0.2) is 17.2 Å². The molecule has 2 rings (SSSR count). The van der Waals surface area contributed by atoms with Gasteiger partial charge in [0.2, 0.25) is 5.88 Å². The van der Waals surface area contributed by atoms with Crippen LogP contribution in [-0.2, 0) is 6.42 Å². The number of aliphatic hydroxyl groups excluding tert-OH is 1. The molecule has 2 aromatic rings. The highest BCUT2D eigenvalue weighted by Gasteiger charge is 2.14. The van der Waals surface area contributed by atoms with Crippen molar-refractivity contribution >= 4 is 11.3 Å². The molecule has 1 unspecified atom stereocenters. The van der Waals surface area contributed by atoms with Gasteiger partial charge in [0.05, 0.1) is 13.2 Å². The molecule has 0 aliphatic heterocycles. The molecule has 0 aliphatic rings. The molecular weight excluding hydrogens is 222 g/mol. The van der Waals surface area contributed by atoms with Crippen molar-refractivity contribution in [1.29, 1.82) is 0 Å². The summed E-state index contributed by atoms with van der Waals surface area (Å²) in [6, 6.07) is 7.63. The molecule has 0 amide bonds. The first kappa shape index (κ1) is 11.1. The van der Waals surface area contributed by atoms with E-state index in [4.69, 9.17) is 4.74 Å². The molecule has 0 radical (unpaired) electrons. The number of hydrogen-bond donors (Lipinski definition) is 1. The van der Waals surface area contributed by atoms with E-state index in [0.29, 0.717) is 12.3 Å². The van der Waals surface area contributed by atoms with E-state index in [1.54, 1.807) is 30.7 Å². The van der Waals surface area contributed by atoms with Crippen LogP contribution in [0.15, 0.2) is 35.8 Å². The van der Waals surface area contributed by atoms with E-state index in [0.717, 1.165) is 10.4 Å². The molecule has 0 saturated carbocycles. The molecule has 1 N–H and O–H groups in total. The Bertz CT molecular complexity index is 442. The average Bonchev–Trinajstić information content (AvgIpc) is 2.81. The SMILES string of the molecule is COc1ncccc1C(O)Cc1cccs1. The van der Waals surface area contributed by atoms with Crippen molar-refractivity contribution in [1.82, 2.24) is 4.98 Å². The fourth-order valence-electron chi connectivity index (χ4n) is 1.56. The molecule has 1 atom stereocenters. The third-order valence-electron chi connectivity index (χ3n) is 2.33.